The zero-order valence-corrected chi connectivity index (χ0v) is 22.4. The Kier molecular flexibility index (Phi) is 9.01. The summed E-state index contributed by atoms with van der Waals surface area (Å²) in [5.74, 6) is 0.857. The van der Waals surface area contributed by atoms with E-state index in [1.54, 1.807) is 0 Å². The van der Waals surface area contributed by atoms with Crippen molar-refractivity contribution in [3.63, 3.8) is 0 Å². The number of hydrogen-bond acceptors (Lipinski definition) is 5. The average Bonchev–Trinajstić information content (AvgIpc) is 2.94. The van der Waals surface area contributed by atoms with E-state index in [0.29, 0.717) is 19.3 Å². The summed E-state index contributed by atoms with van der Waals surface area (Å²) in [6, 6.07) is 28.1. The summed E-state index contributed by atoms with van der Waals surface area (Å²) < 4.78 is 17.4. The maximum absolute atomic E-state index is 6.22. The van der Waals surface area contributed by atoms with Crippen LogP contribution in [-0.2, 0) is 16.0 Å². The molecule has 0 radical (unpaired) electrons. The lowest BCUT2D eigenvalue weighted by Crippen LogP contribution is -2.53. The van der Waals surface area contributed by atoms with Crippen molar-refractivity contribution >= 4 is 17.3 Å². The van der Waals surface area contributed by atoms with Crippen molar-refractivity contribution in [3.8, 4) is 5.75 Å². The van der Waals surface area contributed by atoms with Gasteiger partial charge in [0.15, 0.2) is 6.29 Å². The molecule has 0 spiro atoms. The lowest BCUT2D eigenvalue weighted by atomic mass is 9.98. The summed E-state index contributed by atoms with van der Waals surface area (Å²) in [6.45, 7) is 6.99. The summed E-state index contributed by atoms with van der Waals surface area (Å²) in [4.78, 5) is 5.10. The van der Waals surface area contributed by atoms with Crippen LogP contribution in [0.15, 0.2) is 78.9 Å². The third-order valence-electron chi connectivity index (χ3n) is 7.31. The van der Waals surface area contributed by atoms with E-state index in [1.807, 2.05) is 12.1 Å². The number of halogens is 1. The fourth-order valence-corrected chi connectivity index (χ4v) is 5.36. The molecule has 2 fully saturated rings. The molecule has 3 atom stereocenters. The summed E-state index contributed by atoms with van der Waals surface area (Å²) in [6.07, 6.45) is 3.19. The zero-order valence-electron chi connectivity index (χ0n) is 21.6. The van der Waals surface area contributed by atoms with Gasteiger partial charge in [-0.25, -0.2) is 0 Å². The quantitative estimate of drug-likeness (QED) is 0.293. The minimum atomic E-state index is -0.0768. The normalized spacial score (nSPS) is 22.6. The minimum absolute atomic E-state index is 0.0768. The Balaban J connectivity index is 1.25. The summed E-state index contributed by atoms with van der Waals surface area (Å²) in [7, 11) is 0. The van der Waals surface area contributed by atoms with Gasteiger partial charge in [-0.15, -0.1) is 0 Å². The zero-order chi connectivity index (χ0) is 25.5. The Hall–Kier alpha value is -2.57. The van der Waals surface area contributed by atoms with E-state index in [2.05, 4.69) is 83.5 Å². The number of hydrogen-bond donors (Lipinski definition) is 0. The van der Waals surface area contributed by atoms with Crippen LogP contribution in [-0.4, -0.2) is 50.1 Å². The van der Waals surface area contributed by atoms with Crippen LogP contribution in [0.5, 0.6) is 5.75 Å². The highest BCUT2D eigenvalue weighted by atomic mass is 35.5. The Morgan fingerprint density at radius 2 is 1.68 bits per heavy atom. The second kappa shape index (κ2) is 12.8. The molecule has 196 valence electrons. The van der Waals surface area contributed by atoms with Crippen LogP contribution in [0, 0.1) is 0 Å². The molecule has 2 aliphatic heterocycles. The number of benzene rings is 3. The monoisotopic (exact) mass is 520 g/mol. The standard InChI is InChI=1S/C31H37ClN2O3/c1-24-21-34(28-14-16-29(17-15-28)35-19-20-37-31-9-5-6-18-36-31)30(26-10-12-27(32)13-11-26)23-33(24)22-25-7-3-2-4-8-25/h2-4,7-8,10-17,24,30-31H,5-6,9,18-23H2,1H3/t24-,30+,31?/m1/s1. The van der Waals surface area contributed by atoms with Crippen molar-refractivity contribution in [2.75, 3.05) is 37.8 Å². The summed E-state index contributed by atoms with van der Waals surface area (Å²) in [5, 5.41) is 0.765. The van der Waals surface area contributed by atoms with Crippen LogP contribution >= 0.6 is 11.6 Å². The number of anilines is 1. The first-order valence-electron chi connectivity index (χ1n) is 13.4. The number of piperazine rings is 1. The molecule has 0 bridgehead atoms. The van der Waals surface area contributed by atoms with Gasteiger partial charge in [-0.2, -0.15) is 0 Å². The molecule has 0 saturated carbocycles. The molecule has 0 aliphatic carbocycles. The van der Waals surface area contributed by atoms with Crippen LogP contribution in [0.2, 0.25) is 5.02 Å². The fraction of sp³-hybridized carbons (Fsp3) is 0.419. The van der Waals surface area contributed by atoms with Gasteiger partial charge < -0.3 is 19.1 Å². The Morgan fingerprint density at radius 1 is 0.892 bits per heavy atom. The predicted octanol–water partition coefficient (Wildman–Crippen LogP) is 6.71. The third kappa shape index (κ3) is 7.05. The lowest BCUT2D eigenvalue weighted by Gasteiger charge is -2.47. The van der Waals surface area contributed by atoms with Crippen LogP contribution in [0.3, 0.4) is 0 Å². The second-order valence-electron chi connectivity index (χ2n) is 9.99. The molecule has 2 aliphatic rings. The van der Waals surface area contributed by atoms with Gasteiger partial charge in [0.25, 0.3) is 0 Å². The molecule has 5 rings (SSSR count). The van der Waals surface area contributed by atoms with Crippen LogP contribution in [0.4, 0.5) is 5.69 Å². The molecule has 6 heteroatoms. The van der Waals surface area contributed by atoms with E-state index in [0.717, 1.165) is 49.9 Å². The van der Waals surface area contributed by atoms with E-state index in [1.165, 1.54) is 23.2 Å². The molecule has 1 unspecified atom stereocenters. The number of ether oxygens (including phenoxy) is 3. The van der Waals surface area contributed by atoms with Gasteiger partial charge in [0, 0.05) is 43.0 Å². The molecule has 0 N–H and O–H groups in total. The van der Waals surface area contributed by atoms with E-state index >= 15 is 0 Å². The van der Waals surface area contributed by atoms with E-state index < -0.39 is 0 Å². The average molecular weight is 521 g/mol. The van der Waals surface area contributed by atoms with Crippen molar-refractivity contribution < 1.29 is 14.2 Å². The van der Waals surface area contributed by atoms with Gasteiger partial charge in [-0.05, 0) is 73.7 Å². The molecule has 37 heavy (non-hydrogen) atoms. The molecule has 0 amide bonds. The largest absolute Gasteiger partial charge is 0.491 e. The van der Waals surface area contributed by atoms with Gasteiger partial charge in [0.1, 0.15) is 12.4 Å². The highest BCUT2D eigenvalue weighted by molar-refractivity contribution is 6.30. The van der Waals surface area contributed by atoms with Gasteiger partial charge in [-0.3, -0.25) is 4.90 Å². The van der Waals surface area contributed by atoms with E-state index in [-0.39, 0.29) is 12.3 Å². The van der Waals surface area contributed by atoms with Crippen molar-refractivity contribution in [2.24, 2.45) is 0 Å². The lowest BCUT2D eigenvalue weighted by molar-refractivity contribution is -0.165. The smallest absolute Gasteiger partial charge is 0.157 e. The molecule has 5 nitrogen and oxygen atoms in total. The van der Waals surface area contributed by atoms with Gasteiger partial charge in [0.05, 0.1) is 12.6 Å². The van der Waals surface area contributed by atoms with Crippen LogP contribution in [0.25, 0.3) is 0 Å². The first-order chi connectivity index (χ1) is 18.2. The molecular weight excluding hydrogens is 484 g/mol. The van der Waals surface area contributed by atoms with Crippen molar-refractivity contribution in [1.82, 2.24) is 4.90 Å². The molecule has 2 heterocycles. The second-order valence-corrected chi connectivity index (χ2v) is 10.4. The molecule has 0 aromatic heterocycles. The highest BCUT2D eigenvalue weighted by Crippen LogP contribution is 2.34. The van der Waals surface area contributed by atoms with Crippen LogP contribution in [0.1, 0.15) is 43.4 Å². The summed E-state index contributed by atoms with van der Waals surface area (Å²) in [5.41, 5.74) is 3.82. The molecular formula is C31H37ClN2O3. The Morgan fingerprint density at radius 3 is 2.41 bits per heavy atom. The molecule has 3 aromatic carbocycles. The fourth-order valence-electron chi connectivity index (χ4n) is 5.24. The topological polar surface area (TPSA) is 34.2 Å². The number of nitrogens with zero attached hydrogens (tertiary/aromatic N) is 2. The maximum atomic E-state index is 6.22. The Bertz CT molecular complexity index is 1090. The number of rotatable bonds is 9. The van der Waals surface area contributed by atoms with Crippen LogP contribution < -0.4 is 9.64 Å². The van der Waals surface area contributed by atoms with Crippen molar-refractivity contribution in [3.05, 3.63) is 95.0 Å². The van der Waals surface area contributed by atoms with E-state index in [4.69, 9.17) is 25.8 Å². The van der Waals surface area contributed by atoms with Crippen molar-refractivity contribution in [2.45, 2.75) is 51.1 Å². The third-order valence-corrected chi connectivity index (χ3v) is 7.57. The SMILES string of the molecule is C[C@@H]1CN(c2ccc(OCCOC3CCCCO3)cc2)[C@H](c2ccc(Cl)cc2)CN1Cc1ccccc1. The van der Waals surface area contributed by atoms with Gasteiger partial charge >= 0.3 is 0 Å². The summed E-state index contributed by atoms with van der Waals surface area (Å²) >= 11 is 6.22. The Labute approximate surface area is 225 Å². The van der Waals surface area contributed by atoms with E-state index in [9.17, 15) is 0 Å². The van der Waals surface area contributed by atoms with Gasteiger partial charge in [0.2, 0.25) is 0 Å². The molecule has 2 saturated heterocycles. The van der Waals surface area contributed by atoms with Crippen molar-refractivity contribution in [1.29, 1.82) is 0 Å². The van der Waals surface area contributed by atoms with Gasteiger partial charge in [-0.1, -0.05) is 54.1 Å². The first kappa shape index (κ1) is 26.1. The first-order valence-corrected chi connectivity index (χ1v) is 13.8. The minimum Gasteiger partial charge on any atom is -0.491 e. The highest BCUT2D eigenvalue weighted by Gasteiger charge is 2.32. The predicted molar refractivity (Wildman–Crippen MR) is 149 cm³/mol. The molecule has 3 aromatic rings. The maximum Gasteiger partial charge on any atom is 0.157 e.